The number of hydrogen-bond donors (Lipinski definition) is 2. The lowest BCUT2D eigenvalue weighted by Gasteiger charge is -2.23. The minimum absolute atomic E-state index is 0.0787. The second-order valence-electron chi connectivity index (χ2n) is 8.70. The molecule has 0 radical (unpaired) electrons. The third-order valence-corrected chi connectivity index (χ3v) is 5.85. The molecule has 1 aromatic heterocycles. The number of ether oxygens (including phenoxy) is 1. The maximum atomic E-state index is 12.7. The quantitative estimate of drug-likeness (QED) is 0.604. The summed E-state index contributed by atoms with van der Waals surface area (Å²) in [4.78, 5) is 30.5. The number of carbonyl (C=O) groups is 2. The number of aryl methyl sites for hydroxylation is 1. The van der Waals surface area contributed by atoms with Gasteiger partial charge in [-0.3, -0.25) is 19.5 Å². The first-order valence-corrected chi connectivity index (χ1v) is 11.3. The predicted molar refractivity (Wildman–Crippen MR) is 130 cm³/mol. The number of aromatic nitrogens is 1. The van der Waals surface area contributed by atoms with E-state index < -0.39 is 0 Å². The van der Waals surface area contributed by atoms with E-state index in [0.29, 0.717) is 37.1 Å². The summed E-state index contributed by atoms with van der Waals surface area (Å²) in [6.45, 7) is 6.49. The molecule has 7 nitrogen and oxygen atoms in total. The number of pyridine rings is 1. The zero-order valence-electron chi connectivity index (χ0n) is 19.1. The van der Waals surface area contributed by atoms with Crippen molar-refractivity contribution in [1.29, 1.82) is 0 Å². The Morgan fingerprint density at radius 1 is 1.12 bits per heavy atom. The Kier molecular flexibility index (Phi) is 7.32. The number of anilines is 2. The zero-order valence-corrected chi connectivity index (χ0v) is 19.1. The highest BCUT2D eigenvalue weighted by Gasteiger charge is 2.21. The maximum absolute atomic E-state index is 12.7. The van der Waals surface area contributed by atoms with Crippen molar-refractivity contribution in [2.24, 2.45) is 5.92 Å². The van der Waals surface area contributed by atoms with Crippen molar-refractivity contribution in [1.82, 2.24) is 9.88 Å². The molecule has 3 aromatic rings. The van der Waals surface area contributed by atoms with Crippen molar-refractivity contribution in [2.75, 3.05) is 43.5 Å². The Bertz CT molecular complexity index is 1150. The lowest BCUT2D eigenvalue weighted by Crippen LogP contribution is -2.37. The molecular formula is C26H30N4O3. The van der Waals surface area contributed by atoms with Gasteiger partial charge in [-0.2, -0.15) is 0 Å². The van der Waals surface area contributed by atoms with Crippen LogP contribution < -0.4 is 10.6 Å². The van der Waals surface area contributed by atoms with Crippen LogP contribution in [0.15, 0.2) is 54.9 Å². The van der Waals surface area contributed by atoms with E-state index in [0.717, 1.165) is 30.5 Å². The highest BCUT2D eigenvalue weighted by Crippen LogP contribution is 2.21. The molecule has 1 aliphatic rings. The van der Waals surface area contributed by atoms with Crippen molar-refractivity contribution in [2.45, 2.75) is 20.3 Å². The highest BCUT2D eigenvalue weighted by molar-refractivity contribution is 5.94. The van der Waals surface area contributed by atoms with E-state index in [1.54, 1.807) is 12.3 Å². The molecule has 0 bridgehead atoms. The molecule has 0 unspecified atom stereocenters. The van der Waals surface area contributed by atoms with E-state index in [1.807, 2.05) is 31.3 Å². The van der Waals surface area contributed by atoms with Gasteiger partial charge in [-0.15, -0.1) is 0 Å². The van der Waals surface area contributed by atoms with E-state index in [1.165, 1.54) is 17.9 Å². The Morgan fingerprint density at radius 3 is 2.85 bits per heavy atom. The molecule has 2 aromatic carbocycles. The maximum Gasteiger partial charge on any atom is 0.238 e. The van der Waals surface area contributed by atoms with Crippen molar-refractivity contribution in [3.05, 3.63) is 66.0 Å². The summed E-state index contributed by atoms with van der Waals surface area (Å²) in [5, 5.41) is 8.07. The largest absolute Gasteiger partial charge is 0.380 e. The molecule has 2 amide bonds. The van der Waals surface area contributed by atoms with Crippen molar-refractivity contribution in [3.8, 4) is 0 Å². The summed E-state index contributed by atoms with van der Waals surface area (Å²) >= 11 is 0. The molecule has 1 fully saturated rings. The van der Waals surface area contributed by atoms with Crippen LogP contribution in [0.25, 0.3) is 10.8 Å². The van der Waals surface area contributed by atoms with Crippen LogP contribution in [0.5, 0.6) is 0 Å². The first-order chi connectivity index (χ1) is 16.0. The fraction of sp³-hybridized carbons (Fsp3) is 0.346. The van der Waals surface area contributed by atoms with Crippen molar-refractivity contribution >= 4 is 34.0 Å². The predicted octanol–water partition coefficient (Wildman–Crippen LogP) is 3.63. The standard InChI is InChI=1S/C26H30N4O3/c1-18-3-6-24(13-25(18)28-19(2)31)29-26(32)16-30-9-10-33-17-21(15-30)11-20-4-5-22-7-8-27-14-23(22)12-20/h3-8,12-14,21H,9-11,15-17H2,1-2H3,(H,28,31)(H,29,32)/t21-/m1/s1. The Hall–Kier alpha value is -3.29. The average molecular weight is 447 g/mol. The Morgan fingerprint density at radius 2 is 2.00 bits per heavy atom. The van der Waals surface area contributed by atoms with Crippen LogP contribution >= 0.6 is 0 Å². The monoisotopic (exact) mass is 446 g/mol. The van der Waals surface area contributed by atoms with Crippen LogP contribution in [-0.2, 0) is 20.7 Å². The normalized spacial score (nSPS) is 16.8. The van der Waals surface area contributed by atoms with E-state index in [4.69, 9.17) is 4.74 Å². The molecule has 0 spiro atoms. The molecule has 4 rings (SSSR count). The van der Waals surface area contributed by atoms with E-state index in [9.17, 15) is 9.59 Å². The fourth-order valence-corrected chi connectivity index (χ4v) is 4.24. The number of rotatable bonds is 6. The van der Waals surface area contributed by atoms with Gasteiger partial charge < -0.3 is 15.4 Å². The molecule has 1 aliphatic heterocycles. The molecule has 2 heterocycles. The van der Waals surface area contributed by atoms with Gasteiger partial charge in [0.1, 0.15) is 0 Å². The highest BCUT2D eigenvalue weighted by atomic mass is 16.5. The first-order valence-electron chi connectivity index (χ1n) is 11.3. The van der Waals surface area contributed by atoms with Crippen LogP contribution in [0.4, 0.5) is 11.4 Å². The molecule has 1 atom stereocenters. The minimum Gasteiger partial charge on any atom is -0.380 e. The van der Waals surface area contributed by atoms with Gasteiger partial charge in [0.05, 0.1) is 19.8 Å². The second-order valence-corrected chi connectivity index (χ2v) is 8.70. The summed E-state index contributed by atoms with van der Waals surface area (Å²) in [7, 11) is 0. The lowest BCUT2D eigenvalue weighted by atomic mass is 9.98. The van der Waals surface area contributed by atoms with Gasteiger partial charge in [-0.25, -0.2) is 0 Å². The van der Waals surface area contributed by atoms with E-state index in [2.05, 4.69) is 38.7 Å². The van der Waals surface area contributed by atoms with Gasteiger partial charge in [-0.05, 0) is 60.0 Å². The average Bonchev–Trinajstić information content (AvgIpc) is 3.00. The number of fused-ring (bicyclic) bond motifs is 1. The number of hydrogen-bond acceptors (Lipinski definition) is 5. The molecule has 33 heavy (non-hydrogen) atoms. The number of nitrogens with one attached hydrogen (secondary N) is 2. The van der Waals surface area contributed by atoms with Crippen LogP contribution in [0, 0.1) is 12.8 Å². The van der Waals surface area contributed by atoms with Gasteiger partial charge in [0.15, 0.2) is 0 Å². The lowest BCUT2D eigenvalue weighted by molar-refractivity contribution is -0.117. The van der Waals surface area contributed by atoms with Gasteiger partial charge in [0.2, 0.25) is 11.8 Å². The summed E-state index contributed by atoms with van der Waals surface area (Å²) in [6, 6.07) is 14.0. The third kappa shape index (κ3) is 6.37. The van der Waals surface area contributed by atoms with Crippen LogP contribution in [-0.4, -0.2) is 54.5 Å². The molecule has 172 valence electrons. The number of nitrogens with zero attached hydrogens (tertiary/aromatic N) is 2. The Balaban J connectivity index is 1.36. The van der Waals surface area contributed by atoms with Crippen molar-refractivity contribution in [3.63, 3.8) is 0 Å². The Labute approximate surface area is 194 Å². The van der Waals surface area contributed by atoms with Gasteiger partial charge in [-0.1, -0.05) is 18.2 Å². The summed E-state index contributed by atoms with van der Waals surface area (Å²) in [6.07, 6.45) is 4.59. The van der Waals surface area contributed by atoms with E-state index >= 15 is 0 Å². The van der Waals surface area contributed by atoms with E-state index in [-0.39, 0.29) is 11.8 Å². The summed E-state index contributed by atoms with van der Waals surface area (Å²) in [5.41, 5.74) is 3.57. The minimum atomic E-state index is -0.139. The molecule has 2 N–H and O–H groups in total. The molecule has 1 saturated heterocycles. The number of benzene rings is 2. The SMILES string of the molecule is CC(=O)Nc1cc(NC(=O)CN2CCOC[C@H](Cc3ccc4ccncc4c3)C2)ccc1C. The van der Waals surface area contributed by atoms with Crippen molar-refractivity contribution < 1.29 is 14.3 Å². The topological polar surface area (TPSA) is 83.6 Å². The molecular weight excluding hydrogens is 416 g/mol. The van der Waals surface area contributed by atoms with Gasteiger partial charge in [0, 0.05) is 49.2 Å². The fourth-order valence-electron chi connectivity index (χ4n) is 4.24. The molecule has 0 aliphatic carbocycles. The summed E-state index contributed by atoms with van der Waals surface area (Å²) < 4.78 is 5.84. The van der Waals surface area contributed by atoms with Crippen LogP contribution in [0.3, 0.4) is 0 Å². The first kappa shape index (κ1) is 22.9. The van der Waals surface area contributed by atoms with Crippen LogP contribution in [0.2, 0.25) is 0 Å². The third-order valence-electron chi connectivity index (χ3n) is 5.85. The van der Waals surface area contributed by atoms with Gasteiger partial charge >= 0.3 is 0 Å². The second kappa shape index (κ2) is 10.6. The molecule has 7 heteroatoms. The smallest absolute Gasteiger partial charge is 0.238 e. The summed E-state index contributed by atoms with van der Waals surface area (Å²) in [5.74, 6) is 0.0880. The molecule has 0 saturated carbocycles. The van der Waals surface area contributed by atoms with Gasteiger partial charge in [0.25, 0.3) is 0 Å². The van der Waals surface area contributed by atoms with Crippen LogP contribution in [0.1, 0.15) is 18.1 Å². The number of carbonyl (C=O) groups excluding carboxylic acids is 2. The number of amides is 2. The zero-order chi connectivity index (χ0) is 23.2.